The smallest absolute Gasteiger partial charge is 0.295 e. The topological polar surface area (TPSA) is 121 Å². The highest BCUT2D eigenvalue weighted by molar-refractivity contribution is 7.92. The highest BCUT2D eigenvalue weighted by atomic mass is 32.2. The van der Waals surface area contributed by atoms with Crippen LogP contribution in [0.1, 0.15) is 0 Å². The summed E-state index contributed by atoms with van der Waals surface area (Å²) in [6, 6.07) is 13.9. The van der Waals surface area contributed by atoms with Crippen molar-refractivity contribution in [3.63, 3.8) is 0 Å². The first-order chi connectivity index (χ1) is 11.7. The van der Waals surface area contributed by atoms with E-state index >= 15 is 0 Å². The molecule has 3 rings (SSSR count). The van der Waals surface area contributed by atoms with E-state index in [9.17, 15) is 26.5 Å². The van der Waals surface area contributed by atoms with Gasteiger partial charge in [-0.15, -0.1) is 0 Å². The van der Waals surface area contributed by atoms with Crippen molar-refractivity contribution >= 4 is 36.6 Å². The summed E-state index contributed by atoms with van der Waals surface area (Å²) >= 11 is 0. The van der Waals surface area contributed by atoms with E-state index < -0.39 is 25.0 Å². The molecule has 0 atom stereocenters. The summed E-state index contributed by atoms with van der Waals surface area (Å²) in [5.74, 6) is -0.325. The maximum absolute atomic E-state index is 12.5. The van der Waals surface area contributed by atoms with Crippen LogP contribution in [0.5, 0.6) is 5.75 Å². The summed E-state index contributed by atoms with van der Waals surface area (Å²) in [5, 5.41) is 10.1. The predicted octanol–water partition coefficient (Wildman–Crippen LogP) is 2.59. The van der Waals surface area contributed by atoms with Crippen molar-refractivity contribution in [3.8, 4) is 5.75 Å². The number of hydrogen-bond acceptors (Lipinski definition) is 5. The Balaban J connectivity index is 2.22. The van der Waals surface area contributed by atoms with Gasteiger partial charge < -0.3 is 5.11 Å². The van der Waals surface area contributed by atoms with Gasteiger partial charge in [-0.25, -0.2) is 8.42 Å². The van der Waals surface area contributed by atoms with Gasteiger partial charge in [-0.3, -0.25) is 9.27 Å². The fourth-order valence-electron chi connectivity index (χ4n) is 2.47. The van der Waals surface area contributed by atoms with Gasteiger partial charge in [-0.1, -0.05) is 30.3 Å². The molecule has 0 bridgehead atoms. The number of sulfonamides is 1. The lowest BCUT2D eigenvalue weighted by molar-refractivity contribution is 0.481. The molecule has 130 valence electrons. The van der Waals surface area contributed by atoms with E-state index in [0.29, 0.717) is 0 Å². The van der Waals surface area contributed by atoms with E-state index in [1.807, 2.05) is 0 Å². The Morgan fingerprint density at radius 2 is 1.48 bits per heavy atom. The van der Waals surface area contributed by atoms with Crippen molar-refractivity contribution in [2.24, 2.45) is 0 Å². The highest BCUT2D eigenvalue weighted by Crippen LogP contribution is 2.36. The largest absolute Gasteiger partial charge is 0.507 e. The van der Waals surface area contributed by atoms with Gasteiger partial charge >= 0.3 is 0 Å². The van der Waals surface area contributed by atoms with Gasteiger partial charge in [0.15, 0.2) is 0 Å². The lowest BCUT2D eigenvalue weighted by Gasteiger charge is -2.13. The molecule has 3 aromatic carbocycles. The Hall–Kier alpha value is -2.62. The Kier molecular flexibility index (Phi) is 4.15. The molecule has 0 unspecified atom stereocenters. The van der Waals surface area contributed by atoms with Crippen LogP contribution in [-0.2, 0) is 20.1 Å². The molecule has 0 radical (unpaired) electrons. The van der Waals surface area contributed by atoms with Gasteiger partial charge in [0.2, 0.25) is 0 Å². The Morgan fingerprint density at radius 3 is 2.12 bits per heavy atom. The average molecular weight is 379 g/mol. The van der Waals surface area contributed by atoms with Crippen molar-refractivity contribution in [1.29, 1.82) is 0 Å². The molecule has 3 N–H and O–H groups in total. The van der Waals surface area contributed by atoms with Crippen LogP contribution >= 0.6 is 0 Å². The fraction of sp³-hybridized carbons (Fsp3) is 0. The second-order valence-electron chi connectivity index (χ2n) is 5.20. The summed E-state index contributed by atoms with van der Waals surface area (Å²) in [6.07, 6.45) is 0. The number of phenolic OH excluding ortho intramolecular Hbond substituents is 1. The fourth-order valence-corrected chi connectivity index (χ4v) is 4.25. The minimum absolute atomic E-state index is 0.00392. The molecule has 0 aliphatic carbocycles. The van der Waals surface area contributed by atoms with Gasteiger partial charge in [-0.05, 0) is 30.3 Å². The zero-order valence-electron chi connectivity index (χ0n) is 12.6. The quantitative estimate of drug-likeness (QED) is 0.599. The van der Waals surface area contributed by atoms with Crippen molar-refractivity contribution in [2.75, 3.05) is 4.72 Å². The Bertz CT molecular complexity index is 1160. The summed E-state index contributed by atoms with van der Waals surface area (Å²) in [5.41, 5.74) is -0.00986. The average Bonchev–Trinajstić information content (AvgIpc) is 2.54. The van der Waals surface area contributed by atoms with Crippen LogP contribution in [0, 0.1) is 0 Å². The number of hydrogen-bond donors (Lipinski definition) is 3. The summed E-state index contributed by atoms with van der Waals surface area (Å²) in [7, 11) is -8.49. The lowest BCUT2D eigenvalue weighted by atomic mass is 10.1. The van der Waals surface area contributed by atoms with Gasteiger partial charge in [0, 0.05) is 10.8 Å². The maximum atomic E-state index is 12.5. The first-order valence-corrected chi connectivity index (χ1v) is 9.92. The third kappa shape index (κ3) is 3.29. The second-order valence-corrected chi connectivity index (χ2v) is 8.28. The van der Waals surface area contributed by atoms with Crippen molar-refractivity contribution in [1.82, 2.24) is 0 Å². The zero-order chi connectivity index (χ0) is 18.2. The third-order valence-electron chi connectivity index (χ3n) is 3.55. The van der Waals surface area contributed by atoms with E-state index in [-0.39, 0.29) is 27.1 Å². The normalized spacial score (nSPS) is 12.2. The van der Waals surface area contributed by atoms with Gasteiger partial charge in [0.1, 0.15) is 10.6 Å². The monoisotopic (exact) mass is 379 g/mol. The number of nitrogens with one attached hydrogen (secondary N) is 1. The van der Waals surface area contributed by atoms with Gasteiger partial charge in [0.25, 0.3) is 20.1 Å². The number of rotatable bonds is 4. The molecule has 0 aliphatic heterocycles. The molecular formula is C16H13NO6S2. The van der Waals surface area contributed by atoms with Crippen LogP contribution in [0.15, 0.2) is 70.5 Å². The van der Waals surface area contributed by atoms with Gasteiger partial charge in [-0.2, -0.15) is 8.42 Å². The molecule has 25 heavy (non-hydrogen) atoms. The molecule has 0 saturated carbocycles. The predicted molar refractivity (Wildman–Crippen MR) is 92.7 cm³/mol. The zero-order valence-corrected chi connectivity index (χ0v) is 14.3. The standard InChI is InChI=1S/C16H13NO6S2/c18-14-8-4-7-12-15(25(21,22)23)10-9-13(16(12)14)17-24(19,20)11-5-2-1-3-6-11/h1-10,17-18H,(H,21,22,23). The highest BCUT2D eigenvalue weighted by Gasteiger charge is 2.21. The Labute approximate surface area is 144 Å². The molecule has 0 fully saturated rings. The molecule has 0 aliphatic rings. The van der Waals surface area contributed by atoms with Crippen molar-refractivity contribution < 1.29 is 26.5 Å². The van der Waals surface area contributed by atoms with Crippen LogP contribution in [0.25, 0.3) is 10.8 Å². The van der Waals surface area contributed by atoms with Crippen LogP contribution in [0.3, 0.4) is 0 Å². The number of benzene rings is 3. The number of anilines is 1. The first-order valence-electron chi connectivity index (χ1n) is 7.00. The molecule has 0 spiro atoms. The van der Waals surface area contributed by atoms with Crippen molar-refractivity contribution in [3.05, 3.63) is 60.7 Å². The van der Waals surface area contributed by atoms with Crippen molar-refractivity contribution in [2.45, 2.75) is 9.79 Å². The summed E-state index contributed by atoms with van der Waals surface area (Å²) < 4.78 is 59.6. The molecular weight excluding hydrogens is 366 g/mol. The number of aromatic hydroxyl groups is 1. The van der Waals surface area contributed by atoms with E-state index in [2.05, 4.69) is 4.72 Å². The SMILES string of the molecule is O=S(=O)(O)c1ccc(NS(=O)(=O)c2ccccc2)c2c(O)cccc12. The minimum atomic E-state index is -4.55. The molecule has 7 nitrogen and oxygen atoms in total. The molecule has 0 aromatic heterocycles. The first kappa shape index (κ1) is 17.2. The number of phenols is 1. The number of fused-ring (bicyclic) bond motifs is 1. The molecule has 0 amide bonds. The molecule has 3 aromatic rings. The van der Waals surface area contributed by atoms with Crippen LogP contribution in [-0.4, -0.2) is 26.5 Å². The molecule has 9 heteroatoms. The third-order valence-corrected chi connectivity index (χ3v) is 5.85. The maximum Gasteiger partial charge on any atom is 0.295 e. The van der Waals surface area contributed by atoms with E-state index in [1.165, 1.54) is 36.4 Å². The van der Waals surface area contributed by atoms with Crippen LogP contribution < -0.4 is 4.72 Å². The summed E-state index contributed by atoms with van der Waals surface area (Å²) in [6.45, 7) is 0. The molecule has 0 heterocycles. The van der Waals surface area contributed by atoms with E-state index in [1.54, 1.807) is 18.2 Å². The van der Waals surface area contributed by atoms with E-state index in [4.69, 9.17) is 0 Å². The van der Waals surface area contributed by atoms with E-state index in [0.717, 1.165) is 6.07 Å². The molecule has 0 saturated heterocycles. The minimum Gasteiger partial charge on any atom is -0.507 e. The summed E-state index contributed by atoms with van der Waals surface area (Å²) in [4.78, 5) is -0.418. The van der Waals surface area contributed by atoms with Crippen LogP contribution in [0.4, 0.5) is 5.69 Å². The van der Waals surface area contributed by atoms with Gasteiger partial charge in [0.05, 0.1) is 10.6 Å². The Morgan fingerprint density at radius 1 is 0.800 bits per heavy atom. The lowest BCUT2D eigenvalue weighted by Crippen LogP contribution is -2.13. The van der Waals surface area contributed by atoms with Crippen LogP contribution in [0.2, 0.25) is 0 Å². The second kappa shape index (κ2) is 6.03.